The lowest BCUT2D eigenvalue weighted by Crippen LogP contribution is -2.47. The van der Waals surface area contributed by atoms with Crippen LogP contribution in [0.2, 0.25) is 0 Å². The smallest absolute Gasteiger partial charge is 0.344 e. The van der Waals surface area contributed by atoms with Crippen LogP contribution in [0.5, 0.6) is 0 Å². The third-order valence-electron chi connectivity index (χ3n) is 4.94. The van der Waals surface area contributed by atoms with Gasteiger partial charge in [0.2, 0.25) is 5.91 Å². The molecule has 2 N–H and O–H groups in total. The highest BCUT2D eigenvalue weighted by atomic mass is 16.6. The van der Waals surface area contributed by atoms with Gasteiger partial charge in [-0.2, -0.15) is 0 Å². The van der Waals surface area contributed by atoms with Gasteiger partial charge in [-0.25, -0.2) is 9.59 Å². The van der Waals surface area contributed by atoms with Crippen molar-refractivity contribution in [3.63, 3.8) is 0 Å². The molecule has 1 saturated heterocycles. The van der Waals surface area contributed by atoms with E-state index in [4.69, 9.17) is 19.9 Å². The molecule has 2 saturated carbocycles. The van der Waals surface area contributed by atoms with Gasteiger partial charge >= 0.3 is 17.9 Å². The number of hydrogen-bond donors (Lipinski definition) is 1. The molecule has 1 heterocycles. The zero-order valence-electron chi connectivity index (χ0n) is 12.6. The van der Waals surface area contributed by atoms with E-state index in [0.717, 1.165) is 0 Å². The highest BCUT2D eigenvalue weighted by molar-refractivity contribution is 6.04. The van der Waals surface area contributed by atoms with E-state index in [2.05, 4.69) is 6.58 Å². The predicted molar refractivity (Wildman–Crippen MR) is 73.4 cm³/mol. The minimum Gasteiger partial charge on any atom is -0.457 e. The number of ether oxygens (including phenoxy) is 3. The molecule has 1 amide bonds. The average molecular weight is 323 g/mol. The number of hydrogen-bond acceptors (Lipinski definition) is 7. The minimum absolute atomic E-state index is 0.162. The monoisotopic (exact) mass is 323 g/mol. The summed E-state index contributed by atoms with van der Waals surface area (Å²) in [4.78, 5) is 46.8. The van der Waals surface area contributed by atoms with Gasteiger partial charge in [-0.15, -0.1) is 0 Å². The molecule has 0 spiro atoms. The van der Waals surface area contributed by atoms with Gasteiger partial charge in [-0.3, -0.25) is 9.59 Å². The van der Waals surface area contributed by atoms with E-state index in [-0.39, 0.29) is 23.8 Å². The molecule has 3 aliphatic rings. The van der Waals surface area contributed by atoms with E-state index in [1.165, 1.54) is 6.92 Å². The van der Waals surface area contributed by atoms with Gasteiger partial charge in [0, 0.05) is 17.4 Å². The zero-order chi connectivity index (χ0) is 16.9. The molecule has 1 aliphatic heterocycles. The molecule has 8 nitrogen and oxygen atoms in total. The number of amides is 1. The Morgan fingerprint density at radius 1 is 1.43 bits per heavy atom. The molecular formula is C15H17NO7. The molecule has 0 aromatic heterocycles. The molecule has 124 valence electrons. The summed E-state index contributed by atoms with van der Waals surface area (Å²) in [6, 6.07) is 0. The summed E-state index contributed by atoms with van der Waals surface area (Å²) in [6.45, 7) is 4.33. The molecule has 5 atom stereocenters. The first kappa shape index (κ1) is 15.5. The van der Waals surface area contributed by atoms with Crippen molar-refractivity contribution in [2.24, 2.45) is 23.0 Å². The van der Waals surface area contributed by atoms with Crippen molar-refractivity contribution in [1.29, 1.82) is 0 Å². The maximum absolute atomic E-state index is 12.0. The van der Waals surface area contributed by atoms with E-state index in [1.54, 1.807) is 0 Å². The van der Waals surface area contributed by atoms with Crippen LogP contribution in [0.25, 0.3) is 0 Å². The fraction of sp³-hybridized carbons (Fsp3) is 0.600. The number of carbonyl (C=O) groups is 4. The predicted octanol–water partition coefficient (Wildman–Crippen LogP) is -0.546. The normalized spacial score (nSPS) is 36.5. The second kappa shape index (κ2) is 5.07. The SMILES string of the molecule is C=C(C)C(=O)OCC(=O)OC1C2CC3C1OC(=O)C3(C(N)=O)C2. The molecule has 0 aromatic carbocycles. The van der Waals surface area contributed by atoms with Crippen molar-refractivity contribution in [2.45, 2.75) is 32.0 Å². The second-order valence-electron chi connectivity index (χ2n) is 6.32. The maximum Gasteiger partial charge on any atom is 0.344 e. The van der Waals surface area contributed by atoms with Crippen molar-refractivity contribution in [1.82, 2.24) is 0 Å². The summed E-state index contributed by atoms with van der Waals surface area (Å²) in [7, 11) is 0. The lowest BCUT2D eigenvalue weighted by atomic mass is 9.73. The molecule has 8 heteroatoms. The quantitative estimate of drug-likeness (QED) is 0.312. The molecule has 2 aliphatic carbocycles. The van der Waals surface area contributed by atoms with Crippen LogP contribution >= 0.6 is 0 Å². The van der Waals surface area contributed by atoms with Crippen molar-refractivity contribution in [3.8, 4) is 0 Å². The molecule has 5 unspecified atom stereocenters. The van der Waals surface area contributed by atoms with Crippen molar-refractivity contribution >= 4 is 23.8 Å². The highest BCUT2D eigenvalue weighted by Crippen LogP contribution is 2.62. The Bertz CT molecular complexity index is 627. The van der Waals surface area contributed by atoms with E-state index in [9.17, 15) is 19.2 Å². The van der Waals surface area contributed by atoms with Gasteiger partial charge in [0.25, 0.3) is 0 Å². The summed E-state index contributed by atoms with van der Waals surface area (Å²) in [5.74, 6) is -3.25. The van der Waals surface area contributed by atoms with Crippen LogP contribution in [-0.2, 0) is 33.4 Å². The van der Waals surface area contributed by atoms with Crippen LogP contribution < -0.4 is 5.73 Å². The zero-order valence-corrected chi connectivity index (χ0v) is 12.6. The Morgan fingerprint density at radius 3 is 2.74 bits per heavy atom. The van der Waals surface area contributed by atoms with Crippen LogP contribution in [0.1, 0.15) is 19.8 Å². The number of primary amides is 1. The molecule has 0 aromatic rings. The Morgan fingerprint density at radius 2 is 2.13 bits per heavy atom. The number of fused-ring (bicyclic) bond motifs is 1. The fourth-order valence-corrected chi connectivity index (χ4v) is 3.93. The van der Waals surface area contributed by atoms with E-state index in [0.29, 0.717) is 6.42 Å². The minimum atomic E-state index is -1.27. The fourth-order valence-electron chi connectivity index (χ4n) is 3.93. The second-order valence-corrected chi connectivity index (χ2v) is 6.32. The molecule has 0 radical (unpaired) electrons. The molecule has 23 heavy (non-hydrogen) atoms. The van der Waals surface area contributed by atoms with Gasteiger partial charge in [0.05, 0.1) is 0 Å². The molecule has 3 fully saturated rings. The van der Waals surface area contributed by atoms with Crippen LogP contribution in [0.15, 0.2) is 12.2 Å². The standard InChI is InChI=1S/C15H17NO7/c1-6(2)12(18)21-5-9(17)22-10-7-3-8-11(10)23-14(20)15(8,4-7)13(16)19/h7-8,10-11H,1,3-5H2,2H3,(H2,16,19). The molecular weight excluding hydrogens is 306 g/mol. The lowest BCUT2D eigenvalue weighted by Gasteiger charge is -2.29. The highest BCUT2D eigenvalue weighted by Gasteiger charge is 2.74. The van der Waals surface area contributed by atoms with Gasteiger partial charge in [0.15, 0.2) is 12.0 Å². The summed E-state index contributed by atoms with van der Waals surface area (Å²) in [5.41, 5.74) is 4.29. The summed E-state index contributed by atoms with van der Waals surface area (Å²) in [6.07, 6.45) is -0.515. The lowest BCUT2D eigenvalue weighted by molar-refractivity contribution is -0.168. The van der Waals surface area contributed by atoms with Crippen molar-refractivity contribution in [2.75, 3.05) is 6.61 Å². The first-order chi connectivity index (χ1) is 10.8. The van der Waals surface area contributed by atoms with Crippen LogP contribution in [0, 0.1) is 17.3 Å². The summed E-state index contributed by atoms with van der Waals surface area (Å²) in [5, 5.41) is 0. The number of carbonyl (C=O) groups excluding carboxylic acids is 4. The Labute approximate surface area is 131 Å². The van der Waals surface area contributed by atoms with Crippen molar-refractivity contribution in [3.05, 3.63) is 12.2 Å². The van der Waals surface area contributed by atoms with Gasteiger partial charge in [-0.05, 0) is 19.8 Å². The third-order valence-corrected chi connectivity index (χ3v) is 4.94. The summed E-state index contributed by atoms with van der Waals surface area (Å²) >= 11 is 0. The molecule has 2 bridgehead atoms. The first-order valence-electron chi connectivity index (χ1n) is 7.30. The van der Waals surface area contributed by atoms with E-state index in [1.807, 2.05) is 0 Å². The number of rotatable bonds is 5. The number of nitrogens with two attached hydrogens (primary N) is 1. The van der Waals surface area contributed by atoms with E-state index < -0.39 is 48.0 Å². The number of esters is 3. The Kier molecular flexibility index (Phi) is 3.42. The van der Waals surface area contributed by atoms with Crippen LogP contribution in [0.3, 0.4) is 0 Å². The Hall–Kier alpha value is -2.38. The van der Waals surface area contributed by atoms with Gasteiger partial charge in [0.1, 0.15) is 12.2 Å². The van der Waals surface area contributed by atoms with Crippen LogP contribution in [0.4, 0.5) is 0 Å². The summed E-state index contributed by atoms with van der Waals surface area (Å²) < 4.78 is 15.3. The van der Waals surface area contributed by atoms with E-state index >= 15 is 0 Å². The van der Waals surface area contributed by atoms with Crippen LogP contribution in [-0.4, -0.2) is 42.6 Å². The maximum atomic E-state index is 12.0. The largest absolute Gasteiger partial charge is 0.457 e. The van der Waals surface area contributed by atoms with Gasteiger partial charge in [-0.1, -0.05) is 6.58 Å². The Balaban J connectivity index is 1.64. The van der Waals surface area contributed by atoms with Gasteiger partial charge < -0.3 is 19.9 Å². The molecule has 3 rings (SSSR count). The average Bonchev–Trinajstić information content (AvgIpc) is 3.06. The topological polar surface area (TPSA) is 122 Å². The third kappa shape index (κ3) is 2.12. The van der Waals surface area contributed by atoms with Crippen molar-refractivity contribution < 1.29 is 33.4 Å². The first-order valence-corrected chi connectivity index (χ1v) is 7.30.